The third-order valence-electron chi connectivity index (χ3n) is 3.49. The Morgan fingerprint density at radius 2 is 0.905 bits per heavy atom. The van der Waals surface area contributed by atoms with Crippen molar-refractivity contribution in [2.24, 2.45) is 0 Å². The lowest BCUT2D eigenvalue weighted by Gasteiger charge is -2.05. The van der Waals surface area contributed by atoms with E-state index in [9.17, 15) is 9.59 Å². The van der Waals surface area contributed by atoms with Gasteiger partial charge in [0.2, 0.25) is 0 Å². The lowest BCUT2D eigenvalue weighted by atomic mass is 10.1. The van der Waals surface area contributed by atoms with E-state index >= 15 is 0 Å². The molecule has 5 heteroatoms. The molecule has 3 N–H and O–H groups in total. The molecule has 0 unspecified atom stereocenters. The zero-order chi connectivity index (χ0) is 15.8. The van der Waals surface area contributed by atoms with Crippen molar-refractivity contribution in [2.45, 2.75) is 77.0 Å². The van der Waals surface area contributed by atoms with Crippen LogP contribution in [0.5, 0.6) is 0 Å². The van der Waals surface area contributed by atoms with Gasteiger partial charge in [-0.25, -0.2) is 0 Å². The lowest BCUT2D eigenvalue weighted by molar-refractivity contribution is -0.138. The van der Waals surface area contributed by atoms with Crippen molar-refractivity contribution in [3.8, 4) is 0 Å². The first kappa shape index (κ1) is 19.9. The van der Waals surface area contributed by atoms with Crippen LogP contribution in [0.2, 0.25) is 0 Å². The third kappa shape index (κ3) is 18.9. The first-order valence-corrected chi connectivity index (χ1v) is 8.27. The van der Waals surface area contributed by atoms with Crippen molar-refractivity contribution in [1.29, 1.82) is 0 Å². The molecule has 0 aromatic carbocycles. The summed E-state index contributed by atoms with van der Waals surface area (Å²) in [4.78, 5) is 20.6. The van der Waals surface area contributed by atoms with Crippen LogP contribution in [-0.2, 0) is 9.59 Å². The predicted molar refractivity (Wildman–Crippen MR) is 83.5 cm³/mol. The van der Waals surface area contributed by atoms with E-state index in [0.29, 0.717) is 12.8 Å². The zero-order valence-electron chi connectivity index (χ0n) is 13.1. The van der Waals surface area contributed by atoms with Crippen LogP contribution in [0.1, 0.15) is 77.0 Å². The van der Waals surface area contributed by atoms with E-state index in [1.807, 2.05) is 0 Å². The van der Waals surface area contributed by atoms with E-state index in [1.54, 1.807) is 0 Å². The second kappa shape index (κ2) is 15.3. The number of carbonyl (C=O) groups is 2. The van der Waals surface area contributed by atoms with Crippen LogP contribution in [0, 0.1) is 0 Å². The van der Waals surface area contributed by atoms with Gasteiger partial charge < -0.3 is 15.5 Å². The largest absolute Gasteiger partial charge is 0.481 e. The number of carboxylic acid groups (broad SMARTS) is 2. The topological polar surface area (TPSA) is 86.6 Å². The summed E-state index contributed by atoms with van der Waals surface area (Å²) in [7, 11) is 0. The van der Waals surface area contributed by atoms with Gasteiger partial charge in [-0.05, 0) is 38.8 Å². The number of rotatable bonds is 16. The normalized spacial score (nSPS) is 10.7. The molecule has 0 aliphatic carbocycles. The van der Waals surface area contributed by atoms with Crippen LogP contribution in [0.25, 0.3) is 0 Å². The molecule has 0 aromatic heterocycles. The van der Waals surface area contributed by atoms with Crippen molar-refractivity contribution in [1.82, 2.24) is 5.32 Å². The van der Waals surface area contributed by atoms with Crippen LogP contribution in [0.3, 0.4) is 0 Å². The summed E-state index contributed by atoms with van der Waals surface area (Å²) in [6.45, 7) is 2.08. The smallest absolute Gasteiger partial charge is 0.303 e. The fraction of sp³-hybridized carbons (Fsp3) is 0.875. The van der Waals surface area contributed by atoms with Gasteiger partial charge in [-0.2, -0.15) is 0 Å². The summed E-state index contributed by atoms with van der Waals surface area (Å²) in [5.41, 5.74) is 0. The van der Waals surface area contributed by atoms with Gasteiger partial charge in [0.1, 0.15) is 0 Å². The summed E-state index contributed by atoms with van der Waals surface area (Å²) in [6, 6.07) is 0. The van der Waals surface area contributed by atoms with Crippen LogP contribution in [-0.4, -0.2) is 35.2 Å². The van der Waals surface area contributed by atoms with E-state index < -0.39 is 11.9 Å². The molecule has 124 valence electrons. The maximum atomic E-state index is 10.3. The van der Waals surface area contributed by atoms with Gasteiger partial charge in [-0.3, -0.25) is 9.59 Å². The quantitative estimate of drug-likeness (QED) is 0.380. The maximum absolute atomic E-state index is 10.3. The Labute approximate surface area is 128 Å². The fourth-order valence-corrected chi connectivity index (χ4v) is 2.24. The second-order valence-corrected chi connectivity index (χ2v) is 5.57. The second-order valence-electron chi connectivity index (χ2n) is 5.57. The first-order chi connectivity index (χ1) is 10.1. The molecule has 21 heavy (non-hydrogen) atoms. The molecular formula is C16H31NO4. The molecule has 0 aromatic rings. The average molecular weight is 301 g/mol. The molecule has 5 nitrogen and oxygen atoms in total. The van der Waals surface area contributed by atoms with Gasteiger partial charge in [0.15, 0.2) is 0 Å². The number of aliphatic carboxylic acids is 2. The summed E-state index contributed by atoms with van der Waals surface area (Å²) in [6.07, 6.45) is 11.1. The number of carboxylic acids is 2. The van der Waals surface area contributed by atoms with Gasteiger partial charge in [-0.15, -0.1) is 0 Å². The SMILES string of the molecule is O=C(O)CCCCCCCNCCCCCCCC(=O)O. The Hall–Kier alpha value is -1.10. The van der Waals surface area contributed by atoms with E-state index in [4.69, 9.17) is 10.2 Å². The molecule has 0 saturated carbocycles. The number of nitrogens with one attached hydrogen (secondary N) is 1. The van der Waals surface area contributed by atoms with Crippen molar-refractivity contribution >= 4 is 11.9 Å². The van der Waals surface area contributed by atoms with Crippen molar-refractivity contribution < 1.29 is 19.8 Å². The van der Waals surface area contributed by atoms with E-state index in [2.05, 4.69) is 5.32 Å². The Morgan fingerprint density at radius 3 is 1.29 bits per heavy atom. The van der Waals surface area contributed by atoms with Crippen LogP contribution in [0.15, 0.2) is 0 Å². The highest BCUT2D eigenvalue weighted by atomic mass is 16.4. The molecule has 0 rings (SSSR count). The predicted octanol–water partition coefficient (Wildman–Crippen LogP) is 3.43. The van der Waals surface area contributed by atoms with Gasteiger partial charge in [0.25, 0.3) is 0 Å². The molecular weight excluding hydrogens is 270 g/mol. The van der Waals surface area contributed by atoms with Crippen molar-refractivity contribution in [3.63, 3.8) is 0 Å². The Kier molecular flexibility index (Phi) is 14.5. The molecule has 0 atom stereocenters. The molecule has 0 radical (unpaired) electrons. The van der Waals surface area contributed by atoms with Gasteiger partial charge in [0.05, 0.1) is 0 Å². The van der Waals surface area contributed by atoms with Gasteiger partial charge >= 0.3 is 11.9 Å². The fourth-order valence-electron chi connectivity index (χ4n) is 2.24. The Morgan fingerprint density at radius 1 is 0.571 bits per heavy atom. The average Bonchev–Trinajstić information content (AvgIpc) is 2.42. The molecule has 0 spiro atoms. The molecule has 0 saturated heterocycles. The molecule has 0 amide bonds. The number of hydrogen-bond donors (Lipinski definition) is 3. The van der Waals surface area contributed by atoms with Crippen LogP contribution in [0.4, 0.5) is 0 Å². The molecule has 0 aliphatic rings. The first-order valence-electron chi connectivity index (χ1n) is 8.27. The number of unbranched alkanes of at least 4 members (excludes halogenated alkanes) is 8. The minimum absolute atomic E-state index is 0.296. The summed E-state index contributed by atoms with van der Waals surface area (Å²) in [5, 5.41) is 20.4. The third-order valence-corrected chi connectivity index (χ3v) is 3.49. The molecule has 0 aliphatic heterocycles. The highest BCUT2D eigenvalue weighted by Crippen LogP contribution is 2.06. The monoisotopic (exact) mass is 301 g/mol. The van der Waals surface area contributed by atoms with E-state index in [-0.39, 0.29) is 0 Å². The van der Waals surface area contributed by atoms with Crippen molar-refractivity contribution in [2.75, 3.05) is 13.1 Å². The molecule has 0 bridgehead atoms. The molecule has 0 fully saturated rings. The summed E-state index contributed by atoms with van der Waals surface area (Å²) in [5.74, 6) is -1.39. The lowest BCUT2D eigenvalue weighted by Crippen LogP contribution is -2.16. The molecule has 0 heterocycles. The van der Waals surface area contributed by atoms with Crippen LogP contribution >= 0.6 is 0 Å². The van der Waals surface area contributed by atoms with E-state index in [1.165, 1.54) is 12.8 Å². The minimum Gasteiger partial charge on any atom is -0.481 e. The van der Waals surface area contributed by atoms with Gasteiger partial charge in [0, 0.05) is 12.8 Å². The zero-order valence-corrected chi connectivity index (χ0v) is 13.1. The standard InChI is InChI=1S/C16H31NO4/c18-15(19)11-7-3-1-5-9-13-17-14-10-6-2-4-8-12-16(20)21/h17H,1-14H2,(H,18,19)(H,20,21). The highest BCUT2D eigenvalue weighted by molar-refractivity contribution is 5.66. The Bertz CT molecular complexity index is 243. The van der Waals surface area contributed by atoms with Crippen molar-refractivity contribution in [3.05, 3.63) is 0 Å². The van der Waals surface area contributed by atoms with Crippen LogP contribution < -0.4 is 5.32 Å². The highest BCUT2D eigenvalue weighted by Gasteiger charge is 1.97. The van der Waals surface area contributed by atoms with Gasteiger partial charge in [-0.1, -0.05) is 38.5 Å². The Balaban J connectivity index is 2.99. The number of hydrogen-bond acceptors (Lipinski definition) is 3. The summed E-state index contributed by atoms with van der Waals surface area (Å²) < 4.78 is 0. The van der Waals surface area contributed by atoms with E-state index in [0.717, 1.165) is 64.5 Å². The summed E-state index contributed by atoms with van der Waals surface area (Å²) >= 11 is 0. The maximum Gasteiger partial charge on any atom is 0.303 e. The minimum atomic E-state index is -0.695.